The first kappa shape index (κ1) is 15.8. The van der Waals surface area contributed by atoms with Crippen molar-refractivity contribution < 1.29 is 0 Å². The van der Waals surface area contributed by atoms with Gasteiger partial charge in [-0.25, -0.2) is 4.98 Å². The molecule has 2 nitrogen and oxygen atoms in total. The third-order valence-electron chi connectivity index (χ3n) is 3.13. The first-order valence-corrected chi connectivity index (χ1v) is 7.19. The lowest BCUT2D eigenvalue weighted by atomic mass is 10.1. The first-order chi connectivity index (χ1) is 10.7. The number of benzene rings is 1. The maximum Gasteiger partial charge on any atom is 0.0991 e. The normalized spacial score (nSPS) is 12.6. The number of nitrogens with zero attached hydrogens (tertiary/aromatic N) is 2. The fraction of sp³-hybridized carbons (Fsp3) is 0.0526. The van der Waals surface area contributed by atoms with Crippen LogP contribution in [0.15, 0.2) is 72.4 Å². The number of hydrogen-bond donors (Lipinski definition) is 0. The van der Waals surface area contributed by atoms with Gasteiger partial charge in [0.25, 0.3) is 0 Å². The van der Waals surface area contributed by atoms with Gasteiger partial charge >= 0.3 is 0 Å². The van der Waals surface area contributed by atoms with E-state index in [0.717, 1.165) is 22.2 Å². The minimum atomic E-state index is 0.524. The van der Waals surface area contributed by atoms with Gasteiger partial charge in [-0.05, 0) is 42.8 Å². The monoisotopic (exact) mass is 306 g/mol. The van der Waals surface area contributed by atoms with E-state index in [2.05, 4.69) is 17.6 Å². The van der Waals surface area contributed by atoms with Crippen LogP contribution in [0.3, 0.4) is 0 Å². The van der Waals surface area contributed by atoms with E-state index in [1.54, 1.807) is 6.08 Å². The highest BCUT2D eigenvalue weighted by molar-refractivity contribution is 6.31. The molecule has 0 saturated carbocycles. The summed E-state index contributed by atoms with van der Waals surface area (Å²) in [6, 6.07) is 11.7. The molecule has 0 amide bonds. The van der Waals surface area contributed by atoms with Gasteiger partial charge in [-0.15, -0.1) is 0 Å². The third kappa shape index (κ3) is 3.94. The van der Waals surface area contributed by atoms with Gasteiger partial charge < -0.3 is 0 Å². The van der Waals surface area contributed by atoms with Crippen molar-refractivity contribution in [2.24, 2.45) is 0 Å². The van der Waals surface area contributed by atoms with Gasteiger partial charge in [-0.3, -0.25) is 0 Å². The van der Waals surface area contributed by atoms with Gasteiger partial charge in [0.2, 0.25) is 0 Å². The van der Waals surface area contributed by atoms with Crippen LogP contribution in [0.25, 0.3) is 17.0 Å². The summed E-state index contributed by atoms with van der Waals surface area (Å²) in [6.45, 7) is 5.53. The van der Waals surface area contributed by atoms with Gasteiger partial charge in [0.15, 0.2) is 0 Å². The number of halogens is 1. The third-order valence-corrected chi connectivity index (χ3v) is 3.36. The summed E-state index contributed by atoms with van der Waals surface area (Å²) in [5.41, 5.74) is 3.14. The molecule has 0 unspecified atom stereocenters. The van der Waals surface area contributed by atoms with Crippen LogP contribution in [0, 0.1) is 11.3 Å². The SMILES string of the molecule is C=C\C(C#N)=C/C(=C\C)/C=C/c1ccc2ccc(Cl)cc2n1. The molecule has 0 spiro atoms. The Hall–Kier alpha value is -2.63. The van der Waals surface area contributed by atoms with E-state index in [0.29, 0.717) is 10.6 Å². The van der Waals surface area contributed by atoms with Crippen LogP contribution in [0.2, 0.25) is 5.02 Å². The van der Waals surface area contributed by atoms with Crippen LogP contribution in [0.1, 0.15) is 12.6 Å². The van der Waals surface area contributed by atoms with Crippen molar-refractivity contribution >= 4 is 28.6 Å². The van der Waals surface area contributed by atoms with Crippen molar-refractivity contribution in [3.8, 4) is 6.07 Å². The largest absolute Gasteiger partial charge is 0.248 e. The summed E-state index contributed by atoms with van der Waals surface area (Å²) in [6.07, 6.45) is 9.06. The lowest BCUT2D eigenvalue weighted by Crippen LogP contribution is -1.84. The Morgan fingerprint density at radius 2 is 2.09 bits per heavy atom. The fourth-order valence-electron chi connectivity index (χ4n) is 1.92. The molecular formula is C19H15ClN2. The standard InChI is InChI=1S/C19H15ClN2/c1-3-14(11-15(4-2)13-21)5-9-18-10-7-16-6-8-17(20)12-19(16)22-18/h3-12H,2H2,1H3/b9-5+,14-3-,15-11+. The van der Waals surface area contributed by atoms with E-state index in [9.17, 15) is 0 Å². The van der Waals surface area contributed by atoms with E-state index in [4.69, 9.17) is 16.9 Å². The highest BCUT2D eigenvalue weighted by Crippen LogP contribution is 2.18. The molecular weight excluding hydrogens is 292 g/mol. The molecule has 0 bridgehead atoms. The lowest BCUT2D eigenvalue weighted by molar-refractivity contribution is 1.37. The summed E-state index contributed by atoms with van der Waals surface area (Å²) in [5.74, 6) is 0. The van der Waals surface area contributed by atoms with Gasteiger partial charge in [0, 0.05) is 10.4 Å². The Bertz CT molecular complexity index is 836. The molecule has 2 rings (SSSR count). The second-order valence-corrected chi connectivity index (χ2v) is 5.05. The zero-order valence-electron chi connectivity index (χ0n) is 12.3. The number of nitriles is 1. The van der Waals surface area contributed by atoms with Crippen LogP contribution < -0.4 is 0 Å². The smallest absolute Gasteiger partial charge is 0.0991 e. The highest BCUT2D eigenvalue weighted by atomic mass is 35.5. The zero-order chi connectivity index (χ0) is 15.9. The van der Waals surface area contributed by atoms with Gasteiger partial charge in [-0.1, -0.05) is 48.5 Å². The minimum Gasteiger partial charge on any atom is -0.248 e. The second kappa shape index (κ2) is 7.40. The molecule has 1 heterocycles. The molecule has 0 fully saturated rings. The predicted octanol–water partition coefficient (Wildman–Crippen LogP) is 5.48. The molecule has 0 aliphatic carbocycles. The van der Waals surface area contributed by atoms with Crippen LogP contribution in [-0.4, -0.2) is 4.98 Å². The van der Waals surface area contributed by atoms with Crippen LogP contribution in [0.4, 0.5) is 0 Å². The Balaban J connectivity index is 2.31. The molecule has 1 aromatic carbocycles. The Kier molecular flexibility index (Phi) is 5.30. The van der Waals surface area contributed by atoms with E-state index < -0.39 is 0 Å². The average Bonchev–Trinajstić information content (AvgIpc) is 2.54. The van der Waals surface area contributed by atoms with Crippen LogP contribution in [-0.2, 0) is 0 Å². The Morgan fingerprint density at radius 3 is 2.77 bits per heavy atom. The maximum absolute atomic E-state index is 8.93. The van der Waals surface area contributed by atoms with E-state index in [1.165, 1.54) is 6.08 Å². The summed E-state index contributed by atoms with van der Waals surface area (Å²) in [5, 5.41) is 10.7. The molecule has 108 valence electrons. The van der Waals surface area contributed by atoms with Crippen molar-refractivity contribution in [3.05, 3.63) is 83.1 Å². The minimum absolute atomic E-state index is 0.524. The molecule has 0 aliphatic rings. The van der Waals surface area contributed by atoms with Crippen LogP contribution in [0.5, 0.6) is 0 Å². The molecule has 0 atom stereocenters. The molecule has 22 heavy (non-hydrogen) atoms. The molecule has 0 radical (unpaired) electrons. The fourth-order valence-corrected chi connectivity index (χ4v) is 2.09. The maximum atomic E-state index is 8.93. The summed E-state index contributed by atoms with van der Waals surface area (Å²) in [7, 11) is 0. The van der Waals surface area contributed by atoms with Crippen LogP contribution >= 0.6 is 11.6 Å². The summed E-state index contributed by atoms with van der Waals surface area (Å²) >= 11 is 6.00. The number of allylic oxidation sites excluding steroid dienone is 6. The zero-order valence-corrected chi connectivity index (χ0v) is 13.0. The summed E-state index contributed by atoms with van der Waals surface area (Å²) < 4.78 is 0. The van der Waals surface area contributed by atoms with Crippen molar-refractivity contribution in [1.82, 2.24) is 4.98 Å². The van der Waals surface area contributed by atoms with Gasteiger partial charge in [-0.2, -0.15) is 5.26 Å². The Labute approximate surface area is 135 Å². The first-order valence-electron chi connectivity index (χ1n) is 6.81. The van der Waals surface area contributed by atoms with E-state index in [1.807, 2.05) is 55.5 Å². The van der Waals surface area contributed by atoms with E-state index in [-0.39, 0.29) is 0 Å². The number of pyridine rings is 1. The molecule has 2 aromatic rings. The molecule has 0 aliphatic heterocycles. The molecule has 1 aromatic heterocycles. The molecule has 0 saturated heterocycles. The average molecular weight is 307 g/mol. The number of rotatable bonds is 4. The van der Waals surface area contributed by atoms with Gasteiger partial charge in [0.05, 0.1) is 22.9 Å². The topological polar surface area (TPSA) is 36.7 Å². The number of aromatic nitrogens is 1. The molecule has 0 N–H and O–H groups in total. The Morgan fingerprint density at radius 1 is 1.32 bits per heavy atom. The van der Waals surface area contributed by atoms with Crippen molar-refractivity contribution in [1.29, 1.82) is 5.26 Å². The molecule has 3 heteroatoms. The highest BCUT2D eigenvalue weighted by Gasteiger charge is 1.98. The predicted molar refractivity (Wildman–Crippen MR) is 93.4 cm³/mol. The summed E-state index contributed by atoms with van der Waals surface area (Å²) in [4.78, 5) is 4.56. The quantitative estimate of drug-likeness (QED) is 0.553. The number of fused-ring (bicyclic) bond motifs is 1. The lowest BCUT2D eigenvalue weighted by Gasteiger charge is -2.00. The second-order valence-electron chi connectivity index (χ2n) is 4.61. The number of hydrogen-bond acceptors (Lipinski definition) is 2. The van der Waals surface area contributed by atoms with E-state index >= 15 is 0 Å². The van der Waals surface area contributed by atoms with Gasteiger partial charge in [0.1, 0.15) is 0 Å². The van der Waals surface area contributed by atoms with Crippen molar-refractivity contribution in [2.75, 3.05) is 0 Å². The van der Waals surface area contributed by atoms with Crippen molar-refractivity contribution in [2.45, 2.75) is 6.92 Å². The van der Waals surface area contributed by atoms with Crippen molar-refractivity contribution in [3.63, 3.8) is 0 Å².